The molecule has 0 unspecified atom stereocenters. The molecule has 9 nitrogen and oxygen atoms in total. The Hall–Kier alpha value is -4.29. The summed E-state index contributed by atoms with van der Waals surface area (Å²) in [6.07, 6.45) is 2.57. The van der Waals surface area contributed by atoms with Gasteiger partial charge in [-0.25, -0.2) is 4.98 Å². The van der Waals surface area contributed by atoms with Crippen LogP contribution in [0.25, 0.3) is 33.5 Å². The van der Waals surface area contributed by atoms with Gasteiger partial charge in [-0.15, -0.1) is 0 Å². The van der Waals surface area contributed by atoms with Crippen molar-refractivity contribution in [2.45, 2.75) is 57.5 Å². The first kappa shape index (κ1) is 35.5. The van der Waals surface area contributed by atoms with Crippen molar-refractivity contribution in [3.63, 3.8) is 0 Å². The van der Waals surface area contributed by atoms with Gasteiger partial charge in [-0.05, 0) is 30.5 Å². The van der Waals surface area contributed by atoms with Crippen molar-refractivity contribution in [2.24, 2.45) is 0 Å². The first-order chi connectivity index (χ1) is 24.2. The number of benzene rings is 3. The summed E-state index contributed by atoms with van der Waals surface area (Å²) in [5.74, 6) is 0.579. The molecule has 4 N–H and O–H groups in total. The van der Waals surface area contributed by atoms with Gasteiger partial charge in [-0.3, -0.25) is 9.59 Å². The second-order valence-electron chi connectivity index (χ2n) is 12.3. The van der Waals surface area contributed by atoms with Crippen LogP contribution in [0.4, 0.5) is 8.78 Å². The zero-order chi connectivity index (χ0) is 35.2. The van der Waals surface area contributed by atoms with Crippen LogP contribution in [-0.2, 0) is 22.7 Å². The highest BCUT2D eigenvalue weighted by Crippen LogP contribution is 2.43. The summed E-state index contributed by atoms with van der Waals surface area (Å²) in [5.41, 5.74) is 5.24. The molecule has 4 aromatic rings. The van der Waals surface area contributed by atoms with Crippen LogP contribution in [0.3, 0.4) is 0 Å². The Morgan fingerprint density at radius 1 is 0.800 bits per heavy atom. The highest BCUT2D eigenvalue weighted by Gasteiger charge is 2.22. The topological polar surface area (TPSA) is 114 Å². The minimum absolute atomic E-state index is 0.00594. The lowest BCUT2D eigenvalue weighted by Crippen LogP contribution is -2.35. The molecule has 6 rings (SSSR count). The third-order valence-electron chi connectivity index (χ3n) is 8.87. The van der Waals surface area contributed by atoms with Gasteiger partial charge in [0.1, 0.15) is 5.75 Å². The smallest absolute Gasteiger partial charge is 0.387 e. The number of nitrogens with zero attached hydrogens (tertiary/aromatic N) is 1. The molecular weight excluding hydrogens is 687 g/mol. The van der Waals surface area contributed by atoms with Crippen molar-refractivity contribution < 1.29 is 27.8 Å². The Balaban J connectivity index is 1.22. The molecule has 0 saturated carbocycles. The molecule has 0 aliphatic carbocycles. The normalized spacial score (nSPS) is 17.2. The van der Waals surface area contributed by atoms with E-state index in [1.54, 1.807) is 19.2 Å². The third kappa shape index (κ3) is 8.35. The molecule has 3 heterocycles. The monoisotopic (exact) mass is 723 g/mol. The minimum Gasteiger partial charge on any atom is -0.481 e. The molecule has 262 valence electrons. The molecule has 0 radical (unpaired) electrons. The molecule has 0 bridgehead atoms. The molecule has 3 aromatic carbocycles. The van der Waals surface area contributed by atoms with Gasteiger partial charge in [-0.1, -0.05) is 77.8 Å². The highest BCUT2D eigenvalue weighted by molar-refractivity contribution is 6.39. The van der Waals surface area contributed by atoms with Gasteiger partial charge >= 0.3 is 6.61 Å². The SMILES string of the molecule is COc1nc(-c2cccc(-c3cccc(-c4ccc(CNC[C@@H]5CCC(=O)N5)c(OC(F)F)c4)c3Cl)c2Cl)ccc1CNC[C@@H]1CCC(=O)N1. The summed E-state index contributed by atoms with van der Waals surface area (Å²) in [5, 5.41) is 13.3. The molecule has 1 aromatic heterocycles. The second kappa shape index (κ2) is 16.2. The predicted molar refractivity (Wildman–Crippen MR) is 189 cm³/mol. The molecule has 2 fully saturated rings. The quantitative estimate of drug-likeness (QED) is 0.114. The number of halogens is 4. The Bertz CT molecular complexity index is 1880. The maximum Gasteiger partial charge on any atom is 0.387 e. The van der Waals surface area contributed by atoms with E-state index in [2.05, 4.69) is 21.3 Å². The van der Waals surface area contributed by atoms with E-state index < -0.39 is 6.61 Å². The average Bonchev–Trinajstić information content (AvgIpc) is 3.72. The van der Waals surface area contributed by atoms with Crippen LogP contribution in [0.1, 0.15) is 36.8 Å². The van der Waals surface area contributed by atoms with Crippen LogP contribution in [0.2, 0.25) is 10.0 Å². The number of amides is 2. The number of methoxy groups -OCH3 is 1. The predicted octanol–water partition coefficient (Wildman–Crippen LogP) is 6.74. The van der Waals surface area contributed by atoms with Gasteiger partial charge in [0.2, 0.25) is 17.7 Å². The molecule has 2 aliphatic rings. The summed E-state index contributed by atoms with van der Waals surface area (Å²) in [6, 6.07) is 20.1. The summed E-state index contributed by atoms with van der Waals surface area (Å²) in [4.78, 5) is 27.7. The van der Waals surface area contributed by atoms with E-state index in [1.165, 1.54) is 0 Å². The van der Waals surface area contributed by atoms with Crippen LogP contribution < -0.4 is 30.7 Å². The Morgan fingerprint density at radius 2 is 1.36 bits per heavy atom. The number of ether oxygens (including phenoxy) is 2. The Kier molecular flexibility index (Phi) is 11.5. The third-order valence-corrected chi connectivity index (χ3v) is 9.69. The molecular formula is C37H37Cl2F2N5O4. The van der Waals surface area contributed by atoms with Crippen molar-refractivity contribution in [2.75, 3.05) is 20.2 Å². The Morgan fingerprint density at radius 3 is 1.94 bits per heavy atom. The van der Waals surface area contributed by atoms with Crippen LogP contribution >= 0.6 is 23.2 Å². The highest BCUT2D eigenvalue weighted by atomic mass is 35.5. The van der Waals surface area contributed by atoms with E-state index in [0.29, 0.717) is 87.5 Å². The lowest BCUT2D eigenvalue weighted by Gasteiger charge is -2.17. The van der Waals surface area contributed by atoms with Crippen LogP contribution in [-0.4, -0.2) is 55.7 Å². The summed E-state index contributed by atoms with van der Waals surface area (Å²) in [7, 11) is 1.56. The van der Waals surface area contributed by atoms with Crippen molar-refractivity contribution in [1.82, 2.24) is 26.3 Å². The van der Waals surface area contributed by atoms with Crippen LogP contribution in [0, 0.1) is 0 Å². The minimum atomic E-state index is -3.01. The average molecular weight is 725 g/mol. The zero-order valence-corrected chi connectivity index (χ0v) is 28.8. The summed E-state index contributed by atoms with van der Waals surface area (Å²) >= 11 is 14.1. The number of nitrogens with one attached hydrogen (secondary N) is 4. The fraction of sp³-hybridized carbons (Fsp3) is 0.324. The van der Waals surface area contributed by atoms with E-state index in [1.807, 2.05) is 54.6 Å². The number of carbonyl (C=O) groups excluding carboxylic acids is 2. The lowest BCUT2D eigenvalue weighted by atomic mass is 9.96. The molecule has 2 aliphatic heterocycles. The molecule has 2 saturated heterocycles. The van der Waals surface area contributed by atoms with Gasteiger partial charge in [0.15, 0.2) is 0 Å². The number of alkyl halides is 2. The second-order valence-corrected chi connectivity index (χ2v) is 13.0. The summed E-state index contributed by atoms with van der Waals surface area (Å²) in [6.45, 7) is -1.06. The Labute approximate surface area is 299 Å². The standard InChI is InChI=1S/C37H37Cl2F2N5O4/c1-49-36-23(18-43-20-25-12-15-33(48)45-25)10-13-30(46-36)29-7-3-6-28(35(29)39)27-5-2-4-26(34(27)38)21-8-9-22(31(16-21)50-37(40)41)17-42-19-24-11-14-32(47)44-24/h2-10,13,16,24-25,37,42-43H,11-12,14-15,17-20H2,1H3,(H,44,47)(H,45,48)/t24-,25-/m0/s1. The summed E-state index contributed by atoms with van der Waals surface area (Å²) < 4.78 is 37.5. The first-order valence-electron chi connectivity index (χ1n) is 16.4. The van der Waals surface area contributed by atoms with Crippen molar-refractivity contribution in [3.05, 3.63) is 87.9 Å². The van der Waals surface area contributed by atoms with Gasteiger partial charge in [-0.2, -0.15) is 8.78 Å². The number of rotatable bonds is 14. The van der Waals surface area contributed by atoms with Crippen LogP contribution in [0.15, 0.2) is 66.7 Å². The van der Waals surface area contributed by atoms with E-state index in [0.717, 1.165) is 18.4 Å². The van der Waals surface area contributed by atoms with Crippen molar-refractivity contribution in [1.29, 1.82) is 0 Å². The van der Waals surface area contributed by atoms with Gasteiger partial charge in [0.05, 0.1) is 22.8 Å². The maximum absolute atomic E-state index is 13.5. The van der Waals surface area contributed by atoms with Crippen molar-refractivity contribution >= 4 is 35.0 Å². The molecule has 50 heavy (non-hydrogen) atoms. The molecule has 2 atom stereocenters. The number of hydrogen-bond acceptors (Lipinski definition) is 7. The lowest BCUT2D eigenvalue weighted by molar-refractivity contribution is -0.120. The number of carbonyl (C=O) groups is 2. The molecule has 0 spiro atoms. The van der Waals surface area contributed by atoms with Gasteiger partial charge < -0.3 is 30.7 Å². The van der Waals surface area contributed by atoms with E-state index in [4.69, 9.17) is 37.7 Å². The van der Waals surface area contributed by atoms with Gasteiger partial charge in [0.25, 0.3) is 0 Å². The largest absolute Gasteiger partial charge is 0.481 e. The van der Waals surface area contributed by atoms with E-state index in [-0.39, 0.29) is 36.2 Å². The number of aromatic nitrogens is 1. The number of hydrogen-bond donors (Lipinski definition) is 4. The molecule has 2 amide bonds. The van der Waals surface area contributed by atoms with E-state index in [9.17, 15) is 18.4 Å². The van der Waals surface area contributed by atoms with E-state index >= 15 is 0 Å². The molecule has 13 heteroatoms. The van der Waals surface area contributed by atoms with Crippen molar-refractivity contribution in [3.8, 4) is 45.1 Å². The fourth-order valence-electron chi connectivity index (χ4n) is 6.33. The van der Waals surface area contributed by atoms with Crippen LogP contribution in [0.5, 0.6) is 11.6 Å². The number of pyridine rings is 1. The first-order valence-corrected chi connectivity index (χ1v) is 17.2. The fourth-order valence-corrected chi connectivity index (χ4v) is 6.99. The maximum atomic E-state index is 13.5. The van der Waals surface area contributed by atoms with Gasteiger partial charge in [0, 0.05) is 84.5 Å². The zero-order valence-electron chi connectivity index (χ0n) is 27.3.